The molecule has 3 aromatic carbocycles. The molecular weight excluding hydrogens is 556 g/mol. The highest BCUT2D eigenvalue weighted by atomic mass is 16.5. The second-order valence-corrected chi connectivity index (χ2v) is 11.9. The molecule has 0 aromatic heterocycles. The van der Waals surface area contributed by atoms with Gasteiger partial charge in [-0.15, -0.1) is 0 Å². The maximum absolute atomic E-state index is 13.6. The number of carbonyl (C=O) groups excluding carboxylic acids is 3. The maximum Gasteiger partial charge on any atom is 0.407 e. The van der Waals surface area contributed by atoms with Crippen LogP contribution in [0.1, 0.15) is 63.1 Å². The van der Waals surface area contributed by atoms with Crippen LogP contribution in [-0.4, -0.2) is 48.9 Å². The average Bonchev–Trinajstić information content (AvgIpc) is 3.32. The van der Waals surface area contributed by atoms with Gasteiger partial charge < -0.3 is 24.8 Å². The van der Waals surface area contributed by atoms with Crippen LogP contribution in [0.15, 0.2) is 85.5 Å². The van der Waals surface area contributed by atoms with Gasteiger partial charge in [-0.25, -0.2) is 9.59 Å². The van der Waals surface area contributed by atoms with E-state index in [4.69, 9.17) is 14.2 Å². The van der Waals surface area contributed by atoms with E-state index in [-0.39, 0.29) is 31.2 Å². The summed E-state index contributed by atoms with van der Waals surface area (Å²) >= 11 is 0. The standard InChI is InChI=1S/C36H42N2O6/c1-6-12-31(34(40)42-21-7-2)37-33(39)32(22-24-17-19-25(20-18-24)44-36(3,4)5)38-35(41)43-23-30-28-15-10-8-13-26(28)27-14-9-11-16-29(27)30/h7-11,13-20,30-32H,2,6,12,21-23H2,1,3-5H3,(H,37,39)(H,38,41)/t31-,32-/m0/s1. The van der Waals surface area contributed by atoms with Crippen molar-refractivity contribution < 1.29 is 28.6 Å². The summed E-state index contributed by atoms with van der Waals surface area (Å²) in [6.45, 7) is 11.5. The van der Waals surface area contributed by atoms with Crippen LogP contribution in [-0.2, 0) is 25.5 Å². The van der Waals surface area contributed by atoms with Crippen LogP contribution in [0.5, 0.6) is 5.75 Å². The zero-order valence-corrected chi connectivity index (χ0v) is 25.9. The summed E-state index contributed by atoms with van der Waals surface area (Å²) in [6.07, 6.45) is 1.95. The van der Waals surface area contributed by atoms with E-state index in [0.29, 0.717) is 18.6 Å². The summed E-state index contributed by atoms with van der Waals surface area (Å²) in [4.78, 5) is 39.4. The van der Waals surface area contributed by atoms with Crippen molar-refractivity contribution in [2.24, 2.45) is 0 Å². The number of ether oxygens (including phenoxy) is 3. The van der Waals surface area contributed by atoms with Crippen molar-refractivity contribution in [2.75, 3.05) is 13.2 Å². The van der Waals surface area contributed by atoms with Gasteiger partial charge in [0.1, 0.15) is 36.6 Å². The van der Waals surface area contributed by atoms with Crippen molar-refractivity contribution in [3.05, 3.63) is 102 Å². The Bertz CT molecular complexity index is 1410. The molecular formula is C36H42N2O6. The van der Waals surface area contributed by atoms with Crippen molar-refractivity contribution >= 4 is 18.0 Å². The normalized spacial score (nSPS) is 13.5. The van der Waals surface area contributed by atoms with Gasteiger partial charge in [-0.3, -0.25) is 4.79 Å². The smallest absolute Gasteiger partial charge is 0.407 e. The summed E-state index contributed by atoms with van der Waals surface area (Å²) < 4.78 is 16.8. The molecule has 0 spiro atoms. The van der Waals surface area contributed by atoms with Crippen molar-refractivity contribution in [3.63, 3.8) is 0 Å². The fourth-order valence-corrected chi connectivity index (χ4v) is 5.33. The minimum Gasteiger partial charge on any atom is -0.488 e. The molecule has 44 heavy (non-hydrogen) atoms. The van der Waals surface area contributed by atoms with Gasteiger partial charge in [0.25, 0.3) is 0 Å². The van der Waals surface area contributed by atoms with Gasteiger partial charge in [0.15, 0.2) is 0 Å². The van der Waals surface area contributed by atoms with Gasteiger partial charge in [0, 0.05) is 12.3 Å². The number of esters is 1. The predicted molar refractivity (Wildman–Crippen MR) is 171 cm³/mol. The molecule has 0 bridgehead atoms. The fraction of sp³-hybridized carbons (Fsp3) is 0.361. The van der Waals surface area contributed by atoms with E-state index in [1.54, 1.807) is 0 Å². The number of hydrogen-bond donors (Lipinski definition) is 2. The maximum atomic E-state index is 13.6. The van der Waals surface area contributed by atoms with Crippen molar-refractivity contribution in [1.82, 2.24) is 10.6 Å². The minimum absolute atomic E-state index is 0.0410. The first kappa shape index (κ1) is 32.3. The van der Waals surface area contributed by atoms with Crippen LogP contribution in [0, 0.1) is 0 Å². The monoisotopic (exact) mass is 598 g/mol. The molecule has 0 saturated heterocycles. The third-order valence-corrected chi connectivity index (χ3v) is 7.26. The SMILES string of the molecule is C=CCOC(=O)[C@H](CCC)NC(=O)[C@H](Cc1ccc(OC(C)(C)C)cc1)NC(=O)OCC1c2ccccc2-c2ccccc21. The van der Waals surface area contributed by atoms with Crippen molar-refractivity contribution in [1.29, 1.82) is 0 Å². The van der Waals surface area contributed by atoms with E-state index in [1.165, 1.54) is 6.08 Å². The molecule has 1 aliphatic rings. The number of nitrogens with one attached hydrogen (secondary N) is 2. The Morgan fingerprint density at radius 1 is 0.864 bits per heavy atom. The highest BCUT2D eigenvalue weighted by molar-refractivity contribution is 5.90. The number of rotatable bonds is 13. The molecule has 0 saturated carbocycles. The van der Waals surface area contributed by atoms with E-state index < -0.39 is 30.1 Å². The Morgan fingerprint density at radius 2 is 1.48 bits per heavy atom. The second-order valence-electron chi connectivity index (χ2n) is 11.9. The van der Waals surface area contributed by atoms with Crippen LogP contribution in [0.4, 0.5) is 4.79 Å². The summed E-state index contributed by atoms with van der Waals surface area (Å²) in [5, 5.41) is 5.52. The predicted octanol–water partition coefficient (Wildman–Crippen LogP) is 6.33. The highest BCUT2D eigenvalue weighted by Crippen LogP contribution is 2.44. The van der Waals surface area contributed by atoms with Crippen molar-refractivity contribution in [3.8, 4) is 16.9 Å². The molecule has 2 N–H and O–H groups in total. The van der Waals surface area contributed by atoms with E-state index >= 15 is 0 Å². The molecule has 0 unspecified atom stereocenters. The van der Waals surface area contributed by atoms with Crippen molar-refractivity contribution in [2.45, 2.75) is 70.6 Å². The van der Waals surface area contributed by atoms with Gasteiger partial charge in [-0.2, -0.15) is 0 Å². The molecule has 1 aliphatic carbocycles. The summed E-state index contributed by atoms with van der Waals surface area (Å²) in [5.74, 6) is -0.490. The molecule has 4 rings (SSSR count). The third-order valence-electron chi connectivity index (χ3n) is 7.26. The number of carbonyl (C=O) groups is 3. The van der Waals surface area contributed by atoms with E-state index in [0.717, 1.165) is 27.8 Å². The van der Waals surface area contributed by atoms with E-state index in [2.05, 4.69) is 29.3 Å². The Hall–Kier alpha value is -4.59. The Labute approximate surface area is 259 Å². The lowest BCUT2D eigenvalue weighted by atomic mass is 9.98. The average molecular weight is 599 g/mol. The Kier molecular flexibility index (Phi) is 10.8. The molecule has 0 fully saturated rings. The first-order chi connectivity index (χ1) is 21.1. The number of alkyl carbamates (subject to hydrolysis) is 1. The first-order valence-corrected chi connectivity index (χ1v) is 15.1. The lowest BCUT2D eigenvalue weighted by molar-refractivity contribution is -0.147. The first-order valence-electron chi connectivity index (χ1n) is 15.1. The zero-order valence-electron chi connectivity index (χ0n) is 25.9. The third kappa shape index (κ3) is 8.49. The molecule has 0 heterocycles. The summed E-state index contributed by atoms with van der Waals surface area (Å²) in [6, 6.07) is 21.7. The minimum atomic E-state index is -1.01. The van der Waals surface area contributed by atoms with Crippen LogP contribution >= 0.6 is 0 Å². The van der Waals surface area contributed by atoms with E-state index in [9.17, 15) is 14.4 Å². The number of hydrogen-bond acceptors (Lipinski definition) is 6. The molecule has 0 radical (unpaired) electrons. The summed E-state index contributed by atoms with van der Waals surface area (Å²) in [7, 11) is 0. The highest BCUT2D eigenvalue weighted by Gasteiger charge is 2.31. The molecule has 232 valence electrons. The molecule has 8 heteroatoms. The molecule has 3 aromatic rings. The van der Waals surface area contributed by atoms with Crippen LogP contribution in [0.25, 0.3) is 11.1 Å². The quantitative estimate of drug-likeness (QED) is 0.176. The van der Waals surface area contributed by atoms with E-state index in [1.807, 2.05) is 88.4 Å². The zero-order chi connectivity index (χ0) is 31.7. The van der Waals surface area contributed by atoms with Gasteiger partial charge in [-0.05, 0) is 67.1 Å². The van der Waals surface area contributed by atoms with Crippen LogP contribution in [0.3, 0.4) is 0 Å². The molecule has 2 amide bonds. The van der Waals surface area contributed by atoms with Crippen LogP contribution < -0.4 is 15.4 Å². The molecule has 2 atom stereocenters. The number of amides is 2. The van der Waals surface area contributed by atoms with Gasteiger partial charge >= 0.3 is 12.1 Å². The second kappa shape index (κ2) is 14.7. The topological polar surface area (TPSA) is 103 Å². The van der Waals surface area contributed by atoms with Gasteiger partial charge in [0.2, 0.25) is 5.91 Å². The van der Waals surface area contributed by atoms with Gasteiger partial charge in [0.05, 0.1) is 0 Å². The van der Waals surface area contributed by atoms with Gasteiger partial charge in [-0.1, -0.05) is 86.7 Å². The lowest BCUT2D eigenvalue weighted by Crippen LogP contribution is -2.53. The lowest BCUT2D eigenvalue weighted by Gasteiger charge is -2.23. The Balaban J connectivity index is 1.49. The Morgan fingerprint density at radius 3 is 2.05 bits per heavy atom. The number of fused-ring (bicyclic) bond motifs is 3. The fourth-order valence-electron chi connectivity index (χ4n) is 5.33. The summed E-state index contributed by atoms with van der Waals surface area (Å²) in [5.41, 5.74) is 4.87. The number of benzene rings is 3. The largest absolute Gasteiger partial charge is 0.488 e. The van der Waals surface area contributed by atoms with Crippen LogP contribution in [0.2, 0.25) is 0 Å². The molecule has 8 nitrogen and oxygen atoms in total. The molecule has 0 aliphatic heterocycles.